The number of aromatic nitrogens is 2. The standard InChI is InChI=1S/C14H19N3O/c1-3-11-6-4-5-7-13(11)18-14(8-15)12-9-16-17(2)10-12/h4-7,9-10,14H,3,8,15H2,1-2H3. The Kier molecular flexibility index (Phi) is 3.99. The van der Waals surface area contributed by atoms with Gasteiger partial charge in [-0.1, -0.05) is 25.1 Å². The third kappa shape index (κ3) is 2.71. The van der Waals surface area contributed by atoms with Crippen LogP contribution in [-0.2, 0) is 13.5 Å². The van der Waals surface area contributed by atoms with Crippen molar-refractivity contribution in [2.24, 2.45) is 12.8 Å². The molecule has 0 aliphatic rings. The molecule has 0 saturated carbocycles. The molecule has 2 aromatic rings. The predicted molar refractivity (Wildman–Crippen MR) is 71.5 cm³/mol. The van der Waals surface area contributed by atoms with E-state index < -0.39 is 0 Å². The van der Waals surface area contributed by atoms with Gasteiger partial charge in [-0.3, -0.25) is 4.68 Å². The minimum atomic E-state index is -0.147. The first-order valence-electron chi connectivity index (χ1n) is 6.17. The molecule has 2 N–H and O–H groups in total. The summed E-state index contributed by atoms with van der Waals surface area (Å²) in [5, 5.41) is 4.15. The first kappa shape index (κ1) is 12.6. The van der Waals surface area contributed by atoms with Crippen LogP contribution in [0.3, 0.4) is 0 Å². The van der Waals surface area contributed by atoms with E-state index >= 15 is 0 Å². The number of nitrogens with two attached hydrogens (primary N) is 1. The van der Waals surface area contributed by atoms with Gasteiger partial charge in [0.15, 0.2) is 0 Å². The number of hydrogen-bond donors (Lipinski definition) is 1. The smallest absolute Gasteiger partial charge is 0.139 e. The van der Waals surface area contributed by atoms with Gasteiger partial charge < -0.3 is 10.5 Å². The van der Waals surface area contributed by atoms with Gasteiger partial charge >= 0.3 is 0 Å². The third-order valence-corrected chi connectivity index (χ3v) is 2.93. The van der Waals surface area contributed by atoms with Gasteiger partial charge in [-0.15, -0.1) is 0 Å². The van der Waals surface area contributed by atoms with E-state index in [1.165, 1.54) is 5.56 Å². The number of aryl methyl sites for hydroxylation is 2. The largest absolute Gasteiger partial charge is 0.484 e. The van der Waals surface area contributed by atoms with Crippen molar-refractivity contribution in [1.82, 2.24) is 9.78 Å². The normalized spacial score (nSPS) is 12.4. The average Bonchev–Trinajstić information content (AvgIpc) is 2.83. The fourth-order valence-electron chi connectivity index (χ4n) is 1.92. The summed E-state index contributed by atoms with van der Waals surface area (Å²) in [5.41, 5.74) is 7.99. The molecule has 1 aromatic carbocycles. The van der Waals surface area contributed by atoms with E-state index in [-0.39, 0.29) is 6.10 Å². The zero-order valence-electron chi connectivity index (χ0n) is 10.8. The van der Waals surface area contributed by atoms with Crippen molar-refractivity contribution in [1.29, 1.82) is 0 Å². The van der Waals surface area contributed by atoms with Crippen molar-refractivity contribution in [3.8, 4) is 5.75 Å². The molecule has 2 rings (SSSR count). The average molecular weight is 245 g/mol. The summed E-state index contributed by atoms with van der Waals surface area (Å²) in [7, 11) is 1.89. The van der Waals surface area contributed by atoms with Crippen LogP contribution in [0.5, 0.6) is 5.75 Å². The molecular formula is C14H19N3O. The number of para-hydroxylation sites is 1. The van der Waals surface area contributed by atoms with Gasteiger partial charge in [-0.2, -0.15) is 5.10 Å². The highest BCUT2D eigenvalue weighted by atomic mass is 16.5. The molecule has 0 bridgehead atoms. The predicted octanol–water partition coefficient (Wildman–Crippen LogP) is 2.06. The van der Waals surface area contributed by atoms with E-state index in [1.54, 1.807) is 10.9 Å². The first-order valence-corrected chi connectivity index (χ1v) is 6.17. The highest BCUT2D eigenvalue weighted by molar-refractivity contribution is 5.34. The van der Waals surface area contributed by atoms with Crippen molar-refractivity contribution in [3.63, 3.8) is 0 Å². The number of nitrogens with zero attached hydrogens (tertiary/aromatic N) is 2. The maximum absolute atomic E-state index is 6.01. The van der Waals surface area contributed by atoms with Crippen molar-refractivity contribution < 1.29 is 4.74 Å². The Morgan fingerprint density at radius 3 is 2.78 bits per heavy atom. The molecule has 18 heavy (non-hydrogen) atoms. The van der Waals surface area contributed by atoms with Gasteiger partial charge in [-0.25, -0.2) is 0 Å². The van der Waals surface area contributed by atoms with Crippen LogP contribution in [0.25, 0.3) is 0 Å². The van der Waals surface area contributed by atoms with Crippen molar-refractivity contribution >= 4 is 0 Å². The summed E-state index contributed by atoms with van der Waals surface area (Å²) in [4.78, 5) is 0. The third-order valence-electron chi connectivity index (χ3n) is 2.93. The van der Waals surface area contributed by atoms with E-state index in [9.17, 15) is 0 Å². The van der Waals surface area contributed by atoms with Crippen molar-refractivity contribution in [2.75, 3.05) is 6.54 Å². The first-order chi connectivity index (χ1) is 8.74. The van der Waals surface area contributed by atoms with E-state index in [1.807, 2.05) is 31.4 Å². The zero-order valence-corrected chi connectivity index (χ0v) is 10.8. The van der Waals surface area contributed by atoms with Crippen LogP contribution in [0, 0.1) is 0 Å². The quantitative estimate of drug-likeness (QED) is 0.877. The second kappa shape index (κ2) is 5.69. The lowest BCUT2D eigenvalue weighted by atomic mass is 10.1. The van der Waals surface area contributed by atoms with Gasteiger partial charge in [0.2, 0.25) is 0 Å². The Bertz CT molecular complexity index is 507. The molecule has 4 nitrogen and oxygen atoms in total. The topological polar surface area (TPSA) is 53.1 Å². The SMILES string of the molecule is CCc1ccccc1OC(CN)c1cnn(C)c1. The fraction of sp³-hybridized carbons (Fsp3) is 0.357. The number of hydrogen-bond acceptors (Lipinski definition) is 3. The number of rotatable bonds is 5. The highest BCUT2D eigenvalue weighted by Crippen LogP contribution is 2.24. The summed E-state index contributed by atoms with van der Waals surface area (Å²) in [5.74, 6) is 0.902. The highest BCUT2D eigenvalue weighted by Gasteiger charge is 2.14. The van der Waals surface area contributed by atoms with Gasteiger partial charge in [0.1, 0.15) is 11.9 Å². The number of ether oxygens (including phenoxy) is 1. The van der Waals surface area contributed by atoms with Crippen molar-refractivity contribution in [2.45, 2.75) is 19.4 Å². The van der Waals surface area contributed by atoms with E-state index in [2.05, 4.69) is 18.1 Å². The Balaban J connectivity index is 2.20. The van der Waals surface area contributed by atoms with Gasteiger partial charge in [0.05, 0.1) is 6.20 Å². The minimum Gasteiger partial charge on any atom is -0.484 e. The van der Waals surface area contributed by atoms with E-state index in [0.717, 1.165) is 17.7 Å². The lowest BCUT2D eigenvalue weighted by molar-refractivity contribution is 0.212. The molecule has 1 atom stereocenters. The van der Waals surface area contributed by atoms with Crippen molar-refractivity contribution in [3.05, 3.63) is 47.8 Å². The van der Waals surface area contributed by atoms with Gasteiger partial charge in [0.25, 0.3) is 0 Å². The van der Waals surface area contributed by atoms with E-state index in [0.29, 0.717) is 6.54 Å². The molecule has 1 unspecified atom stereocenters. The molecule has 0 spiro atoms. The van der Waals surface area contributed by atoms with Gasteiger partial charge in [0, 0.05) is 25.4 Å². The summed E-state index contributed by atoms with van der Waals surface area (Å²) in [6, 6.07) is 8.06. The van der Waals surface area contributed by atoms with Crippen LogP contribution in [-0.4, -0.2) is 16.3 Å². The summed E-state index contributed by atoms with van der Waals surface area (Å²) < 4.78 is 7.76. The summed E-state index contributed by atoms with van der Waals surface area (Å²) in [6.07, 6.45) is 4.53. The van der Waals surface area contributed by atoms with Crippen LogP contribution in [0.2, 0.25) is 0 Å². The Hall–Kier alpha value is -1.81. The minimum absolute atomic E-state index is 0.147. The molecule has 0 radical (unpaired) electrons. The van der Waals surface area contributed by atoms with Crippen LogP contribution in [0.1, 0.15) is 24.2 Å². The second-order valence-electron chi connectivity index (χ2n) is 4.25. The molecule has 1 aromatic heterocycles. The monoisotopic (exact) mass is 245 g/mol. The lowest BCUT2D eigenvalue weighted by Gasteiger charge is -2.18. The van der Waals surface area contributed by atoms with E-state index in [4.69, 9.17) is 10.5 Å². The van der Waals surface area contributed by atoms with Gasteiger partial charge in [-0.05, 0) is 18.1 Å². The maximum atomic E-state index is 6.01. The Morgan fingerprint density at radius 2 is 2.17 bits per heavy atom. The van der Waals surface area contributed by atoms with Crippen LogP contribution in [0.4, 0.5) is 0 Å². The van der Waals surface area contributed by atoms with Crippen LogP contribution < -0.4 is 10.5 Å². The number of benzene rings is 1. The van der Waals surface area contributed by atoms with Crippen LogP contribution >= 0.6 is 0 Å². The maximum Gasteiger partial charge on any atom is 0.139 e. The summed E-state index contributed by atoms with van der Waals surface area (Å²) >= 11 is 0. The molecule has 0 fully saturated rings. The molecular weight excluding hydrogens is 226 g/mol. The molecule has 96 valence electrons. The summed E-state index contributed by atoms with van der Waals surface area (Å²) in [6.45, 7) is 2.55. The molecule has 0 aliphatic heterocycles. The molecule has 0 amide bonds. The van der Waals surface area contributed by atoms with Crippen LogP contribution in [0.15, 0.2) is 36.7 Å². The second-order valence-corrected chi connectivity index (χ2v) is 4.25. The Morgan fingerprint density at radius 1 is 1.39 bits per heavy atom. The lowest BCUT2D eigenvalue weighted by Crippen LogP contribution is -2.18. The molecule has 1 heterocycles. The zero-order chi connectivity index (χ0) is 13.0. The Labute approximate surface area is 107 Å². The molecule has 0 aliphatic carbocycles. The molecule has 0 saturated heterocycles. The molecule has 4 heteroatoms. The fourth-order valence-corrected chi connectivity index (χ4v) is 1.92.